The third-order valence-corrected chi connectivity index (χ3v) is 8.93. The maximum absolute atomic E-state index is 13.1. The number of aryl methyl sites for hydroxylation is 1. The van der Waals surface area contributed by atoms with Gasteiger partial charge in [0.05, 0.1) is 48.6 Å². The Morgan fingerprint density at radius 2 is 1.78 bits per heavy atom. The molecule has 15 heteroatoms. The van der Waals surface area contributed by atoms with Crippen molar-refractivity contribution in [3.05, 3.63) is 48.3 Å². The molecule has 2 heterocycles. The number of anilines is 4. The van der Waals surface area contributed by atoms with Crippen LogP contribution in [0, 0.1) is 0 Å². The molecule has 0 atom stereocenters. The number of carbonyl (C=O) groups is 1. The lowest BCUT2D eigenvalue weighted by molar-refractivity contribution is 0.0378. The minimum Gasteiger partial charge on any atom is -0.495 e. The normalized spacial score (nSPS) is 10.7. The van der Waals surface area contributed by atoms with Gasteiger partial charge in [-0.25, -0.2) is 14.8 Å². The van der Waals surface area contributed by atoms with E-state index in [1.54, 1.807) is 34.1 Å². The Hall–Kier alpha value is -3.63. The van der Waals surface area contributed by atoms with Crippen molar-refractivity contribution in [3.8, 4) is 22.8 Å². The zero-order chi connectivity index (χ0) is 33.3. The predicted molar refractivity (Wildman–Crippen MR) is 193 cm³/mol. The summed E-state index contributed by atoms with van der Waals surface area (Å²) in [6.07, 6.45) is 3.10. The molecular weight excluding hydrogens is 651 g/mol. The first-order chi connectivity index (χ1) is 21.4. The van der Waals surface area contributed by atoms with Crippen molar-refractivity contribution in [1.29, 1.82) is 0 Å². The molecule has 0 aliphatic heterocycles. The van der Waals surface area contributed by atoms with Crippen molar-refractivity contribution in [2.75, 3.05) is 64.4 Å². The second-order valence-corrected chi connectivity index (χ2v) is 14.1. The molecule has 4 aromatic rings. The Morgan fingerprint density at radius 3 is 2.38 bits per heavy atom. The van der Waals surface area contributed by atoms with Gasteiger partial charge in [-0.3, -0.25) is 0 Å². The van der Waals surface area contributed by atoms with Crippen LogP contribution in [0.4, 0.5) is 23.0 Å². The van der Waals surface area contributed by atoms with E-state index in [-0.39, 0.29) is 17.6 Å². The minimum atomic E-state index is -0.506. The molecule has 11 nitrogen and oxygen atoms in total. The summed E-state index contributed by atoms with van der Waals surface area (Å²) in [4.78, 5) is 26.6. The lowest BCUT2D eigenvalue weighted by Crippen LogP contribution is -2.29. The molecule has 0 amide bonds. The van der Waals surface area contributed by atoms with Gasteiger partial charge in [-0.15, -0.1) is 0 Å². The monoisotopic (exact) mass is 689 g/mol. The van der Waals surface area contributed by atoms with Gasteiger partial charge in [-0.05, 0) is 40.1 Å². The average molecular weight is 690 g/mol. The molecule has 0 aliphatic carbocycles. The number of nitrogens with one attached hydrogen (secondary N) is 1. The standard InChI is InChI=1S/C30H39N7O4.S4/c1-18(2)41-29(38)20-16-32-30(34-27(20)21-17-37(6)28-19(21)10-9-11-25(28)39-7)33-23-14-22(31)24(15-26(23)40-8)36(5)13-12-35(3)4;1-3-4-2/h9-11,14-18H,12-13,31H2,1-8H3,(H,32,33,34);. The fraction of sp³-hybridized carbons (Fsp3) is 0.367. The SMILES string of the molecule is COc1cc(N(C)CCN(C)C)c(N)cc1Nc1ncc(C(=O)OC(C)C)c(-c2cn(C)c3c(OC)cccc23)n1.S=S=S=S. The summed E-state index contributed by atoms with van der Waals surface area (Å²) in [5.74, 6) is 1.06. The highest BCUT2D eigenvalue weighted by atomic mass is 33.2. The van der Waals surface area contributed by atoms with E-state index in [0.717, 1.165) is 35.2 Å². The summed E-state index contributed by atoms with van der Waals surface area (Å²) in [5, 5.41) is 4.11. The van der Waals surface area contributed by atoms with Crippen molar-refractivity contribution in [1.82, 2.24) is 19.4 Å². The van der Waals surface area contributed by atoms with Gasteiger partial charge in [0.25, 0.3) is 0 Å². The van der Waals surface area contributed by atoms with Crippen molar-refractivity contribution in [2.45, 2.75) is 20.0 Å². The second kappa shape index (κ2) is 16.6. The highest BCUT2D eigenvalue weighted by Crippen LogP contribution is 2.38. The van der Waals surface area contributed by atoms with E-state index in [2.05, 4.69) is 42.5 Å². The highest BCUT2D eigenvalue weighted by molar-refractivity contribution is 8.51. The molecule has 2 aromatic heterocycles. The van der Waals surface area contributed by atoms with Gasteiger partial charge < -0.3 is 39.6 Å². The lowest BCUT2D eigenvalue weighted by atomic mass is 10.1. The third kappa shape index (κ3) is 8.98. The number of hydrogen-bond donors (Lipinski definition) is 2. The van der Waals surface area contributed by atoms with Gasteiger partial charge in [0.15, 0.2) is 0 Å². The van der Waals surface area contributed by atoms with Crippen LogP contribution in [-0.4, -0.2) is 80.0 Å². The van der Waals surface area contributed by atoms with Gasteiger partial charge in [-0.2, -0.15) is 0 Å². The van der Waals surface area contributed by atoms with Gasteiger partial charge in [0.2, 0.25) is 5.95 Å². The van der Waals surface area contributed by atoms with Crippen molar-refractivity contribution >= 4 is 80.0 Å². The third-order valence-electron chi connectivity index (χ3n) is 6.71. The van der Waals surface area contributed by atoms with E-state index >= 15 is 0 Å². The zero-order valence-electron chi connectivity index (χ0n) is 26.6. The van der Waals surface area contributed by atoms with Crippen LogP contribution in [0.3, 0.4) is 0 Å². The molecule has 0 saturated heterocycles. The fourth-order valence-corrected chi connectivity index (χ4v) is 4.63. The number of fused-ring (bicyclic) bond motifs is 1. The minimum absolute atomic E-state index is 0.254. The van der Waals surface area contributed by atoms with Crippen LogP contribution in [0.25, 0.3) is 22.2 Å². The first kappa shape index (κ1) is 35.8. The number of likely N-dealkylation sites (N-methyl/N-ethyl adjacent to an activating group) is 2. The van der Waals surface area contributed by atoms with Crippen LogP contribution in [-0.2, 0) is 51.9 Å². The molecule has 0 spiro atoms. The Bertz CT molecular complexity index is 1730. The Kier molecular flexibility index (Phi) is 13.2. The molecule has 0 fully saturated rings. The van der Waals surface area contributed by atoms with E-state index < -0.39 is 5.97 Å². The van der Waals surface area contributed by atoms with E-state index in [0.29, 0.717) is 28.6 Å². The number of carbonyl (C=O) groups excluding carboxylic acids is 1. The second-order valence-electron chi connectivity index (χ2n) is 10.5. The summed E-state index contributed by atoms with van der Waals surface area (Å²) >= 11 is 8.66. The van der Waals surface area contributed by atoms with Crippen molar-refractivity contribution in [2.24, 2.45) is 7.05 Å². The van der Waals surface area contributed by atoms with Crippen LogP contribution in [0.15, 0.2) is 42.7 Å². The Morgan fingerprint density at radius 1 is 1.09 bits per heavy atom. The number of benzene rings is 2. The summed E-state index contributed by atoms with van der Waals surface area (Å²) < 4.78 is 18.8. The highest BCUT2D eigenvalue weighted by Gasteiger charge is 2.23. The zero-order valence-corrected chi connectivity index (χ0v) is 29.9. The number of ether oxygens (including phenoxy) is 3. The quantitative estimate of drug-likeness (QED) is 0.170. The van der Waals surface area contributed by atoms with Gasteiger partial charge in [0, 0.05) is 96.7 Å². The molecule has 242 valence electrons. The number of nitrogens with two attached hydrogens (primary N) is 1. The molecule has 0 bridgehead atoms. The number of nitrogens with zero attached hydrogens (tertiary/aromatic N) is 5. The van der Waals surface area contributed by atoms with Crippen LogP contribution >= 0.6 is 0 Å². The summed E-state index contributed by atoms with van der Waals surface area (Å²) in [6.45, 7) is 5.27. The maximum atomic E-state index is 13.1. The van der Waals surface area contributed by atoms with Crippen LogP contribution in [0.2, 0.25) is 0 Å². The maximum Gasteiger partial charge on any atom is 0.342 e. The largest absolute Gasteiger partial charge is 0.495 e. The molecule has 0 unspecified atom stereocenters. The Labute approximate surface area is 279 Å². The molecule has 3 N–H and O–H groups in total. The molecule has 2 aromatic carbocycles. The number of esters is 1. The number of aromatic nitrogens is 3. The number of methoxy groups -OCH3 is 2. The van der Waals surface area contributed by atoms with Crippen LogP contribution in [0.5, 0.6) is 11.5 Å². The van der Waals surface area contributed by atoms with E-state index in [4.69, 9.17) is 24.9 Å². The van der Waals surface area contributed by atoms with E-state index in [1.165, 1.54) is 24.0 Å². The Balaban J connectivity index is 0.00000130. The van der Waals surface area contributed by atoms with E-state index in [1.807, 2.05) is 63.2 Å². The molecule has 45 heavy (non-hydrogen) atoms. The average Bonchev–Trinajstić information content (AvgIpc) is 3.36. The van der Waals surface area contributed by atoms with Crippen molar-refractivity contribution < 1.29 is 19.0 Å². The summed E-state index contributed by atoms with van der Waals surface area (Å²) in [6, 6.07) is 9.45. The van der Waals surface area contributed by atoms with Crippen molar-refractivity contribution in [3.63, 3.8) is 0 Å². The topological polar surface area (TPSA) is 120 Å². The predicted octanol–water partition coefficient (Wildman–Crippen LogP) is 4.53. The first-order valence-electron chi connectivity index (χ1n) is 13.8. The van der Waals surface area contributed by atoms with Gasteiger partial charge >= 0.3 is 5.97 Å². The summed E-state index contributed by atoms with van der Waals surface area (Å²) in [7, 11) is 13.5. The lowest BCUT2D eigenvalue weighted by Gasteiger charge is -2.24. The van der Waals surface area contributed by atoms with Gasteiger partial charge in [0.1, 0.15) is 17.1 Å². The smallest absolute Gasteiger partial charge is 0.342 e. The first-order valence-corrected chi connectivity index (χ1v) is 17.8. The number of para-hydroxylation sites is 1. The molecule has 0 saturated carbocycles. The molecule has 0 aliphatic rings. The fourth-order valence-electron chi connectivity index (χ4n) is 4.63. The van der Waals surface area contributed by atoms with Crippen LogP contribution < -0.4 is 25.4 Å². The number of nitrogen functional groups attached to an aromatic ring is 1. The number of hydrogen-bond acceptors (Lipinski definition) is 12. The summed E-state index contributed by atoms with van der Waals surface area (Å²) in [5.41, 5.74) is 10.8. The van der Waals surface area contributed by atoms with Crippen LogP contribution in [0.1, 0.15) is 24.2 Å². The molecular formula is C30H39N7O4S4. The number of rotatable bonds is 11. The van der Waals surface area contributed by atoms with E-state index in [9.17, 15) is 4.79 Å². The molecule has 0 radical (unpaired) electrons. The van der Waals surface area contributed by atoms with Gasteiger partial charge in [-0.1, -0.05) is 12.1 Å². The molecule has 4 rings (SSSR count).